The summed E-state index contributed by atoms with van der Waals surface area (Å²) in [6.45, 7) is 0. The number of alkyl halides is 6. The Labute approximate surface area is 131 Å². The average Bonchev–Trinajstić information content (AvgIpc) is 2.43. The lowest BCUT2D eigenvalue weighted by atomic mass is 10.1. The van der Waals surface area contributed by atoms with Crippen LogP contribution in [0, 0.1) is 0 Å². The molecular weight excluding hydrogens is 343 g/mol. The van der Waals surface area contributed by atoms with Crippen molar-refractivity contribution in [1.82, 2.24) is 9.97 Å². The molecule has 0 unspecified atom stereocenters. The van der Waals surface area contributed by atoms with Crippen molar-refractivity contribution < 1.29 is 22.0 Å². The van der Waals surface area contributed by atoms with E-state index >= 15 is 0 Å². The Balaban J connectivity index is 2.43. The maximum atomic E-state index is 13.0. The van der Waals surface area contributed by atoms with Gasteiger partial charge in [0.05, 0.1) is 11.3 Å². The van der Waals surface area contributed by atoms with Crippen molar-refractivity contribution in [3.63, 3.8) is 0 Å². The van der Waals surface area contributed by atoms with E-state index in [1.807, 2.05) is 0 Å². The zero-order chi connectivity index (χ0) is 17.3. The van der Waals surface area contributed by atoms with E-state index < -0.39 is 28.5 Å². The van der Waals surface area contributed by atoms with Gasteiger partial charge in [0.1, 0.15) is 5.69 Å². The third kappa shape index (κ3) is 4.38. The van der Waals surface area contributed by atoms with Crippen molar-refractivity contribution in [2.24, 2.45) is 0 Å². The Morgan fingerprint density at radius 3 is 2.35 bits per heavy atom. The minimum absolute atomic E-state index is 0.193. The largest absolute Gasteiger partial charge is 0.416 e. The molecule has 9 heteroatoms. The fourth-order valence-corrected chi connectivity index (χ4v) is 1.89. The highest BCUT2D eigenvalue weighted by atomic mass is 35.5. The van der Waals surface area contributed by atoms with Crippen LogP contribution in [0.5, 0.6) is 0 Å². The fraction of sp³-hybridized carbons (Fsp3) is 0.143. The maximum absolute atomic E-state index is 13.0. The first-order valence-corrected chi connectivity index (χ1v) is 6.48. The Morgan fingerprint density at radius 2 is 1.74 bits per heavy atom. The molecule has 0 atom stereocenters. The van der Waals surface area contributed by atoms with E-state index in [2.05, 4.69) is 4.98 Å². The molecule has 1 aromatic carbocycles. The zero-order valence-electron chi connectivity index (χ0n) is 11.2. The van der Waals surface area contributed by atoms with Crippen LogP contribution in [0.4, 0.5) is 22.0 Å². The molecule has 0 aliphatic carbocycles. The van der Waals surface area contributed by atoms with Crippen LogP contribution in [0.25, 0.3) is 12.2 Å². The number of aromatic amines is 1. The average molecular weight is 351 g/mol. The van der Waals surface area contributed by atoms with Crippen LogP contribution >= 0.6 is 11.6 Å². The molecule has 2 rings (SSSR count). The smallest absolute Gasteiger partial charge is 0.303 e. The second kappa shape index (κ2) is 6.11. The van der Waals surface area contributed by atoms with E-state index in [4.69, 9.17) is 11.6 Å². The number of benzene rings is 1. The summed E-state index contributed by atoms with van der Waals surface area (Å²) in [7, 11) is 0. The van der Waals surface area contributed by atoms with Gasteiger partial charge in [0.15, 0.2) is 0 Å². The Morgan fingerprint density at radius 1 is 1.09 bits per heavy atom. The molecule has 0 saturated carbocycles. The summed E-state index contributed by atoms with van der Waals surface area (Å²) in [5.41, 5.74) is -3.33. The third-order valence-electron chi connectivity index (χ3n) is 2.77. The summed E-state index contributed by atoms with van der Waals surface area (Å²) in [5, 5.41) is -3.82. The summed E-state index contributed by atoms with van der Waals surface area (Å²) < 4.78 is 64.5. The van der Waals surface area contributed by atoms with E-state index in [-0.39, 0.29) is 11.3 Å². The van der Waals surface area contributed by atoms with E-state index in [0.29, 0.717) is 0 Å². The molecule has 0 saturated heterocycles. The van der Waals surface area contributed by atoms with Crippen molar-refractivity contribution in [2.75, 3.05) is 0 Å². The van der Waals surface area contributed by atoms with Crippen LogP contribution in [-0.2, 0) is 11.6 Å². The second-order valence-corrected chi connectivity index (χ2v) is 4.92. The quantitative estimate of drug-likeness (QED) is 0.664. The van der Waals surface area contributed by atoms with Gasteiger partial charge in [-0.1, -0.05) is 24.3 Å². The lowest BCUT2D eigenvalue weighted by molar-refractivity contribution is -0.137. The predicted octanol–water partition coefficient (Wildman–Crippen LogP) is 4.25. The molecule has 1 heterocycles. The molecule has 23 heavy (non-hydrogen) atoms. The van der Waals surface area contributed by atoms with Gasteiger partial charge < -0.3 is 4.98 Å². The van der Waals surface area contributed by atoms with Gasteiger partial charge >= 0.3 is 17.2 Å². The minimum atomic E-state index is -4.57. The van der Waals surface area contributed by atoms with Crippen molar-refractivity contribution in [2.45, 2.75) is 11.6 Å². The second-order valence-electron chi connectivity index (χ2n) is 4.44. The molecule has 0 radical (unpaired) electrons. The third-order valence-corrected chi connectivity index (χ3v) is 2.97. The first kappa shape index (κ1) is 17.1. The molecule has 0 aliphatic rings. The van der Waals surface area contributed by atoms with Crippen LogP contribution in [0.1, 0.15) is 22.5 Å². The zero-order valence-corrected chi connectivity index (χ0v) is 11.9. The molecular formula is C14H8ClF5N2O. The highest BCUT2D eigenvalue weighted by molar-refractivity contribution is 6.21. The van der Waals surface area contributed by atoms with Crippen molar-refractivity contribution >= 4 is 23.8 Å². The SMILES string of the molecule is O=c1nc(C=Cc2ccccc2C(F)(F)F)cc(C(F)(F)Cl)[nH]1. The Hall–Kier alpha value is -2.22. The lowest BCUT2D eigenvalue weighted by Gasteiger charge is -2.10. The van der Waals surface area contributed by atoms with Crippen molar-refractivity contribution in [3.8, 4) is 0 Å². The number of hydrogen-bond acceptors (Lipinski definition) is 2. The predicted molar refractivity (Wildman–Crippen MR) is 75.0 cm³/mol. The van der Waals surface area contributed by atoms with Gasteiger partial charge in [-0.2, -0.15) is 26.9 Å². The minimum Gasteiger partial charge on any atom is -0.303 e. The molecule has 1 N–H and O–H groups in total. The summed E-state index contributed by atoms with van der Waals surface area (Å²) >= 11 is 4.80. The standard InChI is InChI=1S/C14H8ClF5N2O/c15-13(16,17)11-7-9(21-12(23)22-11)6-5-8-3-1-2-4-10(8)14(18,19)20/h1-7H,(H,21,22,23). The summed E-state index contributed by atoms with van der Waals surface area (Å²) in [6.07, 6.45) is -2.52. The van der Waals surface area contributed by atoms with Crippen molar-refractivity contribution in [1.29, 1.82) is 0 Å². The molecule has 1 aromatic heterocycles. The van der Waals surface area contributed by atoms with Gasteiger partial charge in [-0.05, 0) is 35.4 Å². The monoisotopic (exact) mass is 350 g/mol. The number of nitrogens with zero attached hydrogens (tertiary/aromatic N) is 1. The van der Waals surface area contributed by atoms with E-state index in [0.717, 1.165) is 24.3 Å². The molecule has 2 aromatic rings. The van der Waals surface area contributed by atoms with Crippen LogP contribution in [0.15, 0.2) is 35.1 Å². The number of hydrogen-bond donors (Lipinski definition) is 1. The van der Waals surface area contributed by atoms with Crippen LogP contribution < -0.4 is 5.69 Å². The lowest BCUT2D eigenvalue weighted by Crippen LogP contribution is -2.18. The molecule has 3 nitrogen and oxygen atoms in total. The normalized spacial score (nSPS) is 12.8. The molecule has 0 aliphatic heterocycles. The van der Waals surface area contributed by atoms with E-state index in [1.165, 1.54) is 18.2 Å². The summed E-state index contributed by atoms with van der Waals surface area (Å²) in [6, 6.07) is 5.46. The number of nitrogens with one attached hydrogen (secondary N) is 1. The number of rotatable bonds is 3. The number of aromatic nitrogens is 2. The number of H-pyrrole nitrogens is 1. The van der Waals surface area contributed by atoms with E-state index in [9.17, 15) is 26.7 Å². The van der Waals surface area contributed by atoms with Gasteiger partial charge in [0, 0.05) is 0 Å². The van der Waals surface area contributed by atoms with Gasteiger partial charge in [0.25, 0.3) is 0 Å². The first-order chi connectivity index (χ1) is 10.6. The van der Waals surface area contributed by atoms with Gasteiger partial charge in [-0.3, -0.25) is 0 Å². The molecule has 0 spiro atoms. The fourth-order valence-electron chi connectivity index (χ4n) is 1.79. The topological polar surface area (TPSA) is 45.8 Å². The van der Waals surface area contributed by atoms with Crippen LogP contribution in [-0.4, -0.2) is 9.97 Å². The van der Waals surface area contributed by atoms with Crippen LogP contribution in [0.2, 0.25) is 0 Å². The molecule has 0 bridgehead atoms. The van der Waals surface area contributed by atoms with Crippen molar-refractivity contribution in [3.05, 3.63) is 63.3 Å². The first-order valence-electron chi connectivity index (χ1n) is 6.10. The molecule has 0 fully saturated rings. The maximum Gasteiger partial charge on any atom is 0.416 e. The highest BCUT2D eigenvalue weighted by Gasteiger charge is 2.32. The van der Waals surface area contributed by atoms with Gasteiger partial charge in [0.2, 0.25) is 0 Å². The molecule has 122 valence electrons. The van der Waals surface area contributed by atoms with Gasteiger partial charge in [-0.25, -0.2) is 4.79 Å². The Bertz CT molecular complexity index is 793. The van der Waals surface area contributed by atoms with Gasteiger partial charge in [-0.15, -0.1) is 0 Å². The summed E-state index contributed by atoms with van der Waals surface area (Å²) in [4.78, 5) is 16.4. The summed E-state index contributed by atoms with van der Waals surface area (Å²) in [5.74, 6) is 0. The van der Waals surface area contributed by atoms with E-state index in [1.54, 1.807) is 4.98 Å². The Kier molecular flexibility index (Phi) is 4.56. The highest BCUT2D eigenvalue weighted by Crippen LogP contribution is 2.33. The molecule has 0 amide bonds. The van der Waals surface area contributed by atoms with Crippen LogP contribution in [0.3, 0.4) is 0 Å². The number of halogens is 6.